The topological polar surface area (TPSA) is 81.4 Å². The second kappa shape index (κ2) is 8.14. The molecule has 0 spiro atoms. The number of hydrogen-bond acceptors (Lipinski definition) is 5. The molecule has 0 aliphatic carbocycles. The van der Waals surface area contributed by atoms with Crippen molar-refractivity contribution in [2.45, 2.75) is 13.0 Å². The molecule has 0 aromatic heterocycles. The van der Waals surface area contributed by atoms with E-state index in [0.717, 1.165) is 11.3 Å². The summed E-state index contributed by atoms with van der Waals surface area (Å²) >= 11 is 7.12. The number of carbonyl (C=O) groups excluding carboxylic acids is 2. The third-order valence-corrected chi connectivity index (χ3v) is 3.79. The zero-order chi connectivity index (χ0) is 15.1. The van der Waals surface area contributed by atoms with Crippen LogP contribution >= 0.6 is 23.4 Å². The van der Waals surface area contributed by atoms with Gasteiger partial charge in [-0.05, 0) is 30.7 Å². The molecule has 3 N–H and O–H groups in total. The first-order valence-electron chi connectivity index (χ1n) is 5.91. The molecule has 0 bridgehead atoms. The Balaban J connectivity index is 2.39. The normalized spacial score (nSPS) is 11.8. The average molecular weight is 317 g/mol. The number of ether oxygens (including phenoxy) is 1. The predicted octanol–water partition coefficient (Wildman–Crippen LogP) is 1.82. The highest BCUT2D eigenvalue weighted by atomic mass is 35.5. The molecule has 0 fully saturated rings. The number of anilines is 1. The molecular weight excluding hydrogens is 300 g/mol. The van der Waals surface area contributed by atoms with E-state index in [-0.39, 0.29) is 11.7 Å². The summed E-state index contributed by atoms with van der Waals surface area (Å²) in [6, 6.07) is 4.53. The lowest BCUT2D eigenvalue weighted by molar-refractivity contribution is -0.141. The summed E-state index contributed by atoms with van der Waals surface area (Å²) in [5, 5.41) is 3.40. The molecule has 7 heteroatoms. The van der Waals surface area contributed by atoms with Gasteiger partial charge in [-0.15, -0.1) is 11.8 Å². The van der Waals surface area contributed by atoms with Crippen molar-refractivity contribution < 1.29 is 14.3 Å². The van der Waals surface area contributed by atoms with Crippen LogP contribution in [0.1, 0.15) is 5.56 Å². The minimum atomic E-state index is -0.713. The quantitative estimate of drug-likeness (QED) is 0.782. The number of benzene rings is 1. The number of esters is 1. The molecule has 5 nitrogen and oxygen atoms in total. The average Bonchev–Trinajstić information content (AvgIpc) is 2.41. The van der Waals surface area contributed by atoms with Crippen LogP contribution in [0.5, 0.6) is 0 Å². The maximum absolute atomic E-state index is 11.7. The van der Waals surface area contributed by atoms with Crippen molar-refractivity contribution in [3.05, 3.63) is 28.8 Å². The van der Waals surface area contributed by atoms with Crippen molar-refractivity contribution in [1.29, 1.82) is 0 Å². The van der Waals surface area contributed by atoms with Crippen LogP contribution in [0.4, 0.5) is 5.69 Å². The smallest absolute Gasteiger partial charge is 0.323 e. The molecule has 1 aromatic carbocycles. The summed E-state index contributed by atoms with van der Waals surface area (Å²) in [5.41, 5.74) is 7.18. The Labute approximate surface area is 127 Å². The van der Waals surface area contributed by atoms with Crippen LogP contribution in [-0.2, 0) is 14.3 Å². The highest BCUT2D eigenvalue weighted by Crippen LogP contribution is 2.19. The van der Waals surface area contributed by atoms with Crippen LogP contribution in [0.2, 0.25) is 5.02 Å². The predicted molar refractivity (Wildman–Crippen MR) is 82.1 cm³/mol. The maximum atomic E-state index is 11.7. The fourth-order valence-electron chi connectivity index (χ4n) is 1.45. The van der Waals surface area contributed by atoms with Crippen molar-refractivity contribution in [1.82, 2.24) is 0 Å². The summed E-state index contributed by atoms with van der Waals surface area (Å²) in [7, 11) is 1.28. The standard InChI is InChI=1S/C13H17ClN2O3S/c1-8-5-9(14)3-4-11(8)16-12(17)7-20-6-10(15)13(18)19-2/h3-5,10H,6-7,15H2,1-2H3,(H,16,17). The van der Waals surface area contributed by atoms with Crippen LogP contribution in [0.25, 0.3) is 0 Å². The summed E-state index contributed by atoms with van der Waals surface area (Å²) in [6.45, 7) is 1.86. The molecule has 0 aliphatic rings. The lowest BCUT2D eigenvalue weighted by Gasteiger charge is -2.10. The summed E-state index contributed by atoms with van der Waals surface area (Å²) in [5.74, 6) is -0.0872. The van der Waals surface area contributed by atoms with Gasteiger partial charge in [-0.2, -0.15) is 0 Å². The molecule has 0 aliphatic heterocycles. The van der Waals surface area contributed by atoms with Crippen molar-refractivity contribution in [3.8, 4) is 0 Å². The SMILES string of the molecule is COC(=O)C(N)CSCC(=O)Nc1ccc(Cl)cc1C. The van der Waals surface area contributed by atoms with E-state index in [1.165, 1.54) is 18.9 Å². The zero-order valence-electron chi connectivity index (χ0n) is 11.3. The molecule has 20 heavy (non-hydrogen) atoms. The minimum absolute atomic E-state index is 0.155. The van der Waals surface area contributed by atoms with E-state index in [4.69, 9.17) is 17.3 Å². The van der Waals surface area contributed by atoms with Crippen LogP contribution in [0.3, 0.4) is 0 Å². The van der Waals surface area contributed by atoms with E-state index >= 15 is 0 Å². The molecule has 1 amide bonds. The fraction of sp³-hybridized carbons (Fsp3) is 0.385. The number of halogens is 1. The van der Waals surface area contributed by atoms with Gasteiger partial charge in [0, 0.05) is 16.5 Å². The van der Waals surface area contributed by atoms with E-state index in [1.54, 1.807) is 18.2 Å². The molecular formula is C13H17ClN2O3S. The van der Waals surface area contributed by atoms with Gasteiger partial charge in [0.1, 0.15) is 6.04 Å². The maximum Gasteiger partial charge on any atom is 0.323 e. The number of methoxy groups -OCH3 is 1. The number of amides is 1. The fourth-order valence-corrected chi connectivity index (χ4v) is 2.44. The van der Waals surface area contributed by atoms with Gasteiger partial charge in [0.15, 0.2) is 0 Å². The van der Waals surface area contributed by atoms with Crippen molar-refractivity contribution >= 4 is 40.9 Å². The van der Waals surface area contributed by atoms with E-state index in [2.05, 4.69) is 10.1 Å². The second-order valence-corrected chi connectivity index (χ2v) is 5.62. The van der Waals surface area contributed by atoms with Crippen LogP contribution in [-0.4, -0.2) is 36.5 Å². The number of thioether (sulfide) groups is 1. The number of rotatable bonds is 6. The Morgan fingerprint density at radius 3 is 2.80 bits per heavy atom. The summed E-state index contributed by atoms with van der Waals surface area (Å²) < 4.78 is 4.50. The number of nitrogens with one attached hydrogen (secondary N) is 1. The van der Waals surface area contributed by atoms with Crippen LogP contribution in [0.15, 0.2) is 18.2 Å². The summed E-state index contributed by atoms with van der Waals surface area (Å²) in [6.07, 6.45) is 0. The molecule has 0 saturated carbocycles. The number of carbonyl (C=O) groups is 2. The van der Waals surface area contributed by atoms with Gasteiger partial charge in [0.2, 0.25) is 5.91 Å². The largest absolute Gasteiger partial charge is 0.468 e. The minimum Gasteiger partial charge on any atom is -0.468 e. The Morgan fingerprint density at radius 1 is 1.50 bits per heavy atom. The Kier molecular flexibility index (Phi) is 6.84. The van der Waals surface area contributed by atoms with Gasteiger partial charge < -0.3 is 15.8 Å². The lowest BCUT2D eigenvalue weighted by atomic mass is 10.2. The molecule has 0 radical (unpaired) electrons. The molecule has 1 unspecified atom stereocenters. The van der Waals surface area contributed by atoms with Crippen molar-refractivity contribution in [2.24, 2.45) is 5.73 Å². The van der Waals surface area contributed by atoms with Crippen LogP contribution < -0.4 is 11.1 Å². The molecule has 0 heterocycles. The van der Waals surface area contributed by atoms with Crippen LogP contribution in [0, 0.1) is 6.92 Å². The number of nitrogens with two attached hydrogens (primary N) is 1. The highest BCUT2D eigenvalue weighted by Gasteiger charge is 2.14. The van der Waals surface area contributed by atoms with Gasteiger partial charge in [-0.3, -0.25) is 9.59 Å². The molecule has 1 rings (SSSR count). The van der Waals surface area contributed by atoms with Gasteiger partial charge >= 0.3 is 5.97 Å². The van der Waals surface area contributed by atoms with Gasteiger partial charge in [-0.25, -0.2) is 0 Å². The van der Waals surface area contributed by atoms with E-state index < -0.39 is 12.0 Å². The Morgan fingerprint density at radius 2 is 2.20 bits per heavy atom. The van der Waals surface area contributed by atoms with E-state index in [1.807, 2.05) is 6.92 Å². The Bertz CT molecular complexity index is 497. The first kappa shape index (κ1) is 16.8. The molecule has 1 atom stereocenters. The van der Waals surface area contributed by atoms with Gasteiger partial charge in [0.05, 0.1) is 12.9 Å². The third-order valence-electron chi connectivity index (χ3n) is 2.50. The molecule has 1 aromatic rings. The second-order valence-electron chi connectivity index (χ2n) is 4.15. The first-order valence-corrected chi connectivity index (χ1v) is 7.44. The third kappa shape index (κ3) is 5.40. The zero-order valence-corrected chi connectivity index (χ0v) is 12.9. The van der Waals surface area contributed by atoms with Crippen molar-refractivity contribution in [3.63, 3.8) is 0 Å². The number of hydrogen-bond donors (Lipinski definition) is 2. The number of aryl methyl sites for hydroxylation is 1. The lowest BCUT2D eigenvalue weighted by Crippen LogP contribution is -2.34. The first-order chi connectivity index (χ1) is 9.43. The Hall–Kier alpha value is -1.24. The monoisotopic (exact) mass is 316 g/mol. The van der Waals surface area contributed by atoms with E-state index in [9.17, 15) is 9.59 Å². The summed E-state index contributed by atoms with van der Waals surface area (Å²) in [4.78, 5) is 22.8. The highest BCUT2D eigenvalue weighted by molar-refractivity contribution is 8.00. The van der Waals surface area contributed by atoms with Gasteiger partial charge in [0.25, 0.3) is 0 Å². The molecule has 0 saturated heterocycles. The van der Waals surface area contributed by atoms with Crippen molar-refractivity contribution in [2.75, 3.05) is 23.9 Å². The van der Waals surface area contributed by atoms with Gasteiger partial charge in [-0.1, -0.05) is 11.6 Å². The molecule has 110 valence electrons. The van der Waals surface area contributed by atoms with E-state index in [0.29, 0.717) is 10.8 Å².